The Morgan fingerprint density at radius 1 is 1.10 bits per heavy atom. The van der Waals surface area contributed by atoms with Crippen LogP contribution in [0.2, 0.25) is 0 Å². The van der Waals surface area contributed by atoms with Gasteiger partial charge in [0.15, 0.2) is 6.61 Å². The van der Waals surface area contributed by atoms with E-state index in [9.17, 15) is 18.4 Å². The van der Waals surface area contributed by atoms with Crippen molar-refractivity contribution in [1.82, 2.24) is 0 Å². The standard InChI is InChI=1S/C23H28F2O4/c1-14-4-6-16(7-5-14)23-10-15-8-17(11-23)21(2,18(9-15)12-23)29-19(26)13-28-20(27)22(3,24)25/h4-7,15,17-18H,8-13H2,1-3H3. The van der Waals surface area contributed by atoms with Gasteiger partial charge in [-0.25, -0.2) is 9.59 Å². The Morgan fingerprint density at radius 2 is 1.69 bits per heavy atom. The zero-order valence-corrected chi connectivity index (χ0v) is 17.2. The smallest absolute Gasteiger partial charge is 0.377 e. The number of ether oxygens (including phenoxy) is 2. The van der Waals surface area contributed by atoms with E-state index < -0.39 is 30.1 Å². The Hall–Kier alpha value is -1.98. The first kappa shape index (κ1) is 20.3. The Labute approximate surface area is 169 Å². The molecule has 0 aliphatic heterocycles. The summed E-state index contributed by atoms with van der Waals surface area (Å²) in [6.45, 7) is 3.73. The van der Waals surface area contributed by atoms with E-state index in [1.165, 1.54) is 17.5 Å². The summed E-state index contributed by atoms with van der Waals surface area (Å²) in [7, 11) is 0. The SMILES string of the molecule is Cc1ccc(C23CC4CC(C2)C(C)(OC(=O)COC(=O)C(C)(F)F)C(C4)C3)cc1. The van der Waals surface area contributed by atoms with Gasteiger partial charge in [0.1, 0.15) is 5.60 Å². The third-order valence-corrected chi connectivity index (χ3v) is 7.49. The van der Waals surface area contributed by atoms with Gasteiger partial charge in [0.25, 0.3) is 0 Å². The molecule has 0 spiro atoms. The first-order valence-electron chi connectivity index (χ1n) is 10.4. The van der Waals surface area contributed by atoms with E-state index in [-0.39, 0.29) is 17.3 Å². The number of hydrogen-bond acceptors (Lipinski definition) is 4. The van der Waals surface area contributed by atoms with Crippen molar-refractivity contribution in [2.75, 3.05) is 6.61 Å². The Balaban J connectivity index is 1.48. The maximum absolute atomic E-state index is 12.9. The van der Waals surface area contributed by atoms with E-state index in [2.05, 4.69) is 35.9 Å². The first-order chi connectivity index (χ1) is 13.5. The molecule has 4 aliphatic rings. The topological polar surface area (TPSA) is 52.6 Å². The van der Waals surface area contributed by atoms with Gasteiger partial charge in [-0.15, -0.1) is 0 Å². The molecule has 0 radical (unpaired) electrons. The maximum atomic E-state index is 12.9. The van der Waals surface area contributed by atoms with Crippen LogP contribution in [0.25, 0.3) is 0 Å². The molecule has 0 aromatic heterocycles. The van der Waals surface area contributed by atoms with Crippen LogP contribution >= 0.6 is 0 Å². The number of alkyl halides is 2. The fourth-order valence-corrected chi connectivity index (χ4v) is 6.14. The number of rotatable bonds is 5. The zero-order valence-electron chi connectivity index (χ0n) is 17.2. The quantitative estimate of drug-likeness (QED) is 0.672. The highest BCUT2D eigenvalue weighted by Crippen LogP contribution is 2.65. The van der Waals surface area contributed by atoms with Crippen LogP contribution < -0.4 is 0 Å². The van der Waals surface area contributed by atoms with E-state index in [4.69, 9.17) is 4.74 Å². The van der Waals surface area contributed by atoms with Crippen molar-refractivity contribution in [2.24, 2.45) is 17.8 Å². The average molecular weight is 406 g/mol. The molecule has 1 aromatic rings. The van der Waals surface area contributed by atoms with Gasteiger partial charge in [0.05, 0.1) is 0 Å². The van der Waals surface area contributed by atoms with Crippen molar-refractivity contribution in [3.63, 3.8) is 0 Å². The summed E-state index contributed by atoms with van der Waals surface area (Å²) in [5, 5.41) is 0. The minimum Gasteiger partial charge on any atom is -0.456 e. The van der Waals surface area contributed by atoms with E-state index in [0.717, 1.165) is 25.7 Å². The fraction of sp³-hybridized carbons (Fsp3) is 0.652. The molecule has 4 saturated carbocycles. The number of hydrogen-bond donors (Lipinski definition) is 0. The fourth-order valence-electron chi connectivity index (χ4n) is 6.14. The van der Waals surface area contributed by atoms with Crippen molar-refractivity contribution in [1.29, 1.82) is 0 Å². The molecule has 2 unspecified atom stereocenters. The van der Waals surface area contributed by atoms with Crippen molar-refractivity contribution < 1.29 is 27.8 Å². The van der Waals surface area contributed by atoms with Gasteiger partial charge in [-0.05, 0) is 74.7 Å². The molecule has 158 valence electrons. The normalized spacial score (nSPS) is 35.4. The molecule has 0 N–H and O–H groups in total. The molecular weight excluding hydrogens is 378 g/mol. The number of carbonyl (C=O) groups is 2. The molecule has 4 fully saturated rings. The predicted octanol–water partition coefficient (Wildman–Crippen LogP) is 4.57. The van der Waals surface area contributed by atoms with Crippen molar-refractivity contribution in [2.45, 2.75) is 69.8 Å². The molecule has 1 aromatic carbocycles. The number of carbonyl (C=O) groups excluding carboxylic acids is 2. The molecule has 4 bridgehead atoms. The summed E-state index contributed by atoms with van der Waals surface area (Å²) in [6.07, 6.45) is 5.12. The number of aryl methyl sites for hydroxylation is 1. The molecule has 0 amide bonds. The van der Waals surface area contributed by atoms with Gasteiger partial charge < -0.3 is 9.47 Å². The van der Waals surface area contributed by atoms with Gasteiger partial charge in [-0.1, -0.05) is 29.8 Å². The minimum atomic E-state index is -3.62. The van der Waals surface area contributed by atoms with E-state index >= 15 is 0 Å². The number of halogens is 2. The zero-order chi connectivity index (χ0) is 21.0. The van der Waals surface area contributed by atoms with Crippen LogP contribution in [-0.4, -0.2) is 30.1 Å². The molecule has 6 heteroatoms. The molecule has 29 heavy (non-hydrogen) atoms. The van der Waals surface area contributed by atoms with Gasteiger partial charge in [-0.2, -0.15) is 8.78 Å². The molecule has 5 rings (SSSR count). The highest BCUT2D eigenvalue weighted by Gasteiger charge is 2.62. The lowest BCUT2D eigenvalue weighted by molar-refractivity contribution is -0.212. The summed E-state index contributed by atoms with van der Waals surface area (Å²) >= 11 is 0. The lowest BCUT2D eigenvalue weighted by atomic mass is 9.43. The Bertz CT molecular complexity index is 795. The lowest BCUT2D eigenvalue weighted by Gasteiger charge is -2.63. The summed E-state index contributed by atoms with van der Waals surface area (Å²) in [4.78, 5) is 23.5. The third kappa shape index (κ3) is 3.55. The van der Waals surface area contributed by atoms with E-state index in [1.54, 1.807) is 0 Å². The first-order valence-corrected chi connectivity index (χ1v) is 10.4. The predicted molar refractivity (Wildman–Crippen MR) is 102 cm³/mol. The minimum absolute atomic E-state index is 0.132. The molecule has 2 atom stereocenters. The van der Waals surface area contributed by atoms with Gasteiger partial charge in [0.2, 0.25) is 0 Å². The highest BCUT2D eigenvalue weighted by atomic mass is 19.3. The summed E-state index contributed by atoms with van der Waals surface area (Å²) in [5.41, 5.74) is 2.11. The van der Waals surface area contributed by atoms with Crippen molar-refractivity contribution in [3.05, 3.63) is 35.4 Å². The lowest BCUT2D eigenvalue weighted by Crippen LogP contribution is -2.62. The van der Waals surface area contributed by atoms with E-state index in [0.29, 0.717) is 12.8 Å². The van der Waals surface area contributed by atoms with E-state index in [1.807, 2.05) is 6.92 Å². The van der Waals surface area contributed by atoms with Crippen LogP contribution in [0, 0.1) is 24.7 Å². The highest BCUT2D eigenvalue weighted by molar-refractivity contribution is 5.80. The third-order valence-electron chi connectivity index (χ3n) is 7.49. The second-order valence-corrected chi connectivity index (χ2v) is 9.61. The average Bonchev–Trinajstić information content (AvgIpc) is 2.63. The van der Waals surface area contributed by atoms with Crippen molar-refractivity contribution in [3.8, 4) is 0 Å². The maximum Gasteiger partial charge on any atom is 0.377 e. The second kappa shape index (κ2) is 6.78. The molecular formula is C23H28F2O4. The van der Waals surface area contributed by atoms with Crippen LogP contribution in [0.3, 0.4) is 0 Å². The van der Waals surface area contributed by atoms with Gasteiger partial charge in [0, 0.05) is 6.92 Å². The van der Waals surface area contributed by atoms with Gasteiger partial charge >= 0.3 is 17.9 Å². The largest absolute Gasteiger partial charge is 0.456 e. The van der Waals surface area contributed by atoms with Gasteiger partial charge in [-0.3, -0.25) is 0 Å². The van der Waals surface area contributed by atoms with Crippen LogP contribution in [0.15, 0.2) is 24.3 Å². The number of esters is 2. The van der Waals surface area contributed by atoms with Crippen LogP contribution in [0.4, 0.5) is 8.78 Å². The summed E-state index contributed by atoms with van der Waals surface area (Å²) in [6, 6.07) is 8.78. The molecule has 4 aliphatic carbocycles. The van der Waals surface area contributed by atoms with Crippen LogP contribution in [0.5, 0.6) is 0 Å². The van der Waals surface area contributed by atoms with Crippen molar-refractivity contribution >= 4 is 11.9 Å². The van der Waals surface area contributed by atoms with Crippen LogP contribution in [0.1, 0.15) is 57.1 Å². The summed E-state index contributed by atoms with van der Waals surface area (Å²) < 4.78 is 36.1. The molecule has 4 nitrogen and oxygen atoms in total. The Kier molecular flexibility index (Phi) is 4.74. The van der Waals surface area contributed by atoms with Crippen LogP contribution in [-0.2, 0) is 24.5 Å². The summed E-state index contributed by atoms with van der Waals surface area (Å²) in [5.74, 6) is -5.00. The Morgan fingerprint density at radius 3 is 2.24 bits per heavy atom. The number of benzene rings is 1. The molecule has 0 saturated heterocycles. The molecule has 0 heterocycles. The second-order valence-electron chi connectivity index (χ2n) is 9.61. The monoisotopic (exact) mass is 406 g/mol.